The molecule has 108 valence electrons. The first kappa shape index (κ1) is 15.7. The van der Waals surface area contributed by atoms with Gasteiger partial charge in [0.25, 0.3) is 0 Å². The van der Waals surface area contributed by atoms with Gasteiger partial charge in [0, 0.05) is 24.3 Å². The molecule has 0 aliphatic heterocycles. The van der Waals surface area contributed by atoms with Crippen LogP contribution in [0.5, 0.6) is 5.75 Å². The monoisotopic (exact) mass is 268 g/mol. The fourth-order valence-corrected chi connectivity index (χ4v) is 2.29. The fraction of sp³-hybridized carbons (Fsp3) is 0.643. The normalized spacial score (nSPS) is 11.5. The molecule has 1 aromatic heterocycles. The maximum Gasteiger partial charge on any atom is 0.223 e. The van der Waals surface area contributed by atoms with Gasteiger partial charge in [-0.2, -0.15) is 0 Å². The van der Waals surface area contributed by atoms with E-state index in [1.165, 1.54) is 6.07 Å². The largest absolute Gasteiger partial charge is 0.503 e. The third kappa shape index (κ3) is 3.36. The zero-order valence-corrected chi connectivity index (χ0v) is 12.2. The van der Waals surface area contributed by atoms with Gasteiger partial charge in [-0.3, -0.25) is 9.69 Å². The fourth-order valence-electron chi connectivity index (χ4n) is 2.29. The molecule has 0 fully saturated rings. The van der Waals surface area contributed by atoms with Crippen molar-refractivity contribution in [3.8, 4) is 5.75 Å². The SMILES string of the molecule is CCN(CC)Cc1c(O)c(=O)cc(CO)n1C(C)C. The number of aromatic hydroxyl groups is 1. The van der Waals surface area contributed by atoms with Crippen molar-refractivity contribution >= 4 is 0 Å². The molecule has 5 heteroatoms. The van der Waals surface area contributed by atoms with Gasteiger partial charge in [0.2, 0.25) is 5.43 Å². The Morgan fingerprint density at radius 3 is 2.32 bits per heavy atom. The van der Waals surface area contributed by atoms with Crippen molar-refractivity contribution in [2.45, 2.75) is 46.9 Å². The lowest BCUT2D eigenvalue weighted by atomic mass is 10.2. The van der Waals surface area contributed by atoms with E-state index in [2.05, 4.69) is 4.90 Å². The second kappa shape index (κ2) is 6.73. The summed E-state index contributed by atoms with van der Waals surface area (Å²) in [7, 11) is 0. The number of hydrogen-bond acceptors (Lipinski definition) is 4. The van der Waals surface area contributed by atoms with Gasteiger partial charge in [-0.15, -0.1) is 0 Å². The van der Waals surface area contributed by atoms with Gasteiger partial charge in [-0.05, 0) is 26.9 Å². The maximum absolute atomic E-state index is 11.8. The average Bonchev–Trinajstić information content (AvgIpc) is 2.39. The molecule has 0 aromatic carbocycles. The molecule has 5 nitrogen and oxygen atoms in total. The average molecular weight is 268 g/mol. The number of aliphatic hydroxyl groups is 1. The highest BCUT2D eigenvalue weighted by atomic mass is 16.3. The molecule has 1 rings (SSSR count). The summed E-state index contributed by atoms with van der Waals surface area (Å²) in [6, 6.07) is 1.38. The van der Waals surface area contributed by atoms with Crippen molar-refractivity contribution < 1.29 is 10.2 Å². The van der Waals surface area contributed by atoms with Crippen molar-refractivity contribution in [2.24, 2.45) is 0 Å². The highest BCUT2D eigenvalue weighted by Gasteiger charge is 2.18. The van der Waals surface area contributed by atoms with Gasteiger partial charge >= 0.3 is 0 Å². The lowest BCUT2D eigenvalue weighted by molar-refractivity contribution is 0.251. The predicted octanol–water partition coefficient (Wildman–Crippen LogP) is 1.47. The van der Waals surface area contributed by atoms with Crippen LogP contribution in [0.25, 0.3) is 0 Å². The summed E-state index contributed by atoms with van der Waals surface area (Å²) in [6.45, 7) is 9.97. The molecule has 0 atom stereocenters. The molecular formula is C14H24N2O3. The molecule has 0 unspecified atom stereocenters. The van der Waals surface area contributed by atoms with Gasteiger partial charge in [0.05, 0.1) is 12.3 Å². The molecular weight excluding hydrogens is 244 g/mol. The number of aromatic nitrogens is 1. The first-order valence-electron chi connectivity index (χ1n) is 6.75. The van der Waals surface area contributed by atoms with Gasteiger partial charge in [-0.25, -0.2) is 0 Å². The molecule has 0 aliphatic carbocycles. The van der Waals surface area contributed by atoms with Crippen LogP contribution in [0.3, 0.4) is 0 Å². The predicted molar refractivity (Wildman–Crippen MR) is 75.3 cm³/mol. The molecule has 0 bridgehead atoms. The van der Waals surface area contributed by atoms with Crippen LogP contribution in [0, 0.1) is 0 Å². The minimum atomic E-state index is -0.428. The third-order valence-electron chi connectivity index (χ3n) is 3.35. The Balaban J connectivity index is 3.40. The van der Waals surface area contributed by atoms with Crippen molar-refractivity contribution in [1.29, 1.82) is 0 Å². The first-order chi connectivity index (χ1) is 8.96. The highest BCUT2D eigenvalue weighted by molar-refractivity contribution is 5.30. The van der Waals surface area contributed by atoms with E-state index in [0.29, 0.717) is 17.9 Å². The molecule has 0 radical (unpaired) electrons. The summed E-state index contributed by atoms with van der Waals surface area (Å²) in [4.78, 5) is 13.9. The quantitative estimate of drug-likeness (QED) is 0.820. The van der Waals surface area contributed by atoms with Gasteiger partial charge in [0.1, 0.15) is 0 Å². The van der Waals surface area contributed by atoms with Crippen molar-refractivity contribution in [3.63, 3.8) is 0 Å². The van der Waals surface area contributed by atoms with Crippen molar-refractivity contribution in [3.05, 3.63) is 27.7 Å². The third-order valence-corrected chi connectivity index (χ3v) is 3.35. The Kier molecular flexibility index (Phi) is 5.57. The Morgan fingerprint density at radius 1 is 1.32 bits per heavy atom. The zero-order valence-electron chi connectivity index (χ0n) is 12.2. The second-order valence-corrected chi connectivity index (χ2v) is 4.88. The molecule has 0 aliphatic rings. The van der Waals surface area contributed by atoms with Gasteiger partial charge < -0.3 is 14.8 Å². The van der Waals surface area contributed by atoms with Crippen LogP contribution in [0.15, 0.2) is 10.9 Å². The summed E-state index contributed by atoms with van der Waals surface area (Å²) >= 11 is 0. The Bertz CT molecular complexity index is 476. The number of rotatable bonds is 6. The van der Waals surface area contributed by atoms with Gasteiger partial charge in [-0.1, -0.05) is 13.8 Å². The molecule has 1 aromatic rings. The summed E-state index contributed by atoms with van der Waals surface area (Å²) in [5.41, 5.74) is 0.693. The first-order valence-corrected chi connectivity index (χ1v) is 6.75. The molecule has 0 spiro atoms. The number of hydrogen-bond donors (Lipinski definition) is 2. The van der Waals surface area contributed by atoms with Crippen LogP contribution < -0.4 is 5.43 Å². The van der Waals surface area contributed by atoms with E-state index < -0.39 is 5.43 Å². The van der Waals surface area contributed by atoms with E-state index in [1.54, 1.807) is 0 Å². The van der Waals surface area contributed by atoms with E-state index in [4.69, 9.17) is 0 Å². The molecule has 0 saturated carbocycles. The van der Waals surface area contributed by atoms with Crippen LogP contribution in [-0.2, 0) is 13.2 Å². The number of nitrogens with zero attached hydrogens (tertiary/aromatic N) is 2. The summed E-state index contributed by atoms with van der Waals surface area (Å²) in [5.74, 6) is -0.210. The van der Waals surface area contributed by atoms with E-state index in [1.807, 2.05) is 32.3 Å². The van der Waals surface area contributed by atoms with Crippen LogP contribution in [0.1, 0.15) is 45.1 Å². The molecule has 19 heavy (non-hydrogen) atoms. The summed E-state index contributed by atoms with van der Waals surface area (Å²) < 4.78 is 1.84. The lowest BCUT2D eigenvalue weighted by Gasteiger charge is -2.26. The maximum atomic E-state index is 11.8. The van der Waals surface area contributed by atoms with E-state index in [-0.39, 0.29) is 18.4 Å². The van der Waals surface area contributed by atoms with E-state index >= 15 is 0 Å². The zero-order chi connectivity index (χ0) is 14.6. The standard InChI is InChI=1S/C14H24N2O3/c1-5-15(6-2)8-12-14(19)13(18)7-11(9-17)16(12)10(3)4/h7,10,17,19H,5-6,8-9H2,1-4H3. The van der Waals surface area contributed by atoms with Gasteiger partial charge in [0.15, 0.2) is 5.75 Å². The minimum Gasteiger partial charge on any atom is -0.503 e. The summed E-state index contributed by atoms with van der Waals surface area (Å²) in [6.07, 6.45) is 0. The Morgan fingerprint density at radius 2 is 1.89 bits per heavy atom. The Labute approximate surface area is 114 Å². The van der Waals surface area contributed by atoms with Crippen LogP contribution >= 0.6 is 0 Å². The highest BCUT2D eigenvalue weighted by Crippen LogP contribution is 2.21. The van der Waals surface area contributed by atoms with Crippen LogP contribution in [0.2, 0.25) is 0 Å². The van der Waals surface area contributed by atoms with Crippen LogP contribution in [0.4, 0.5) is 0 Å². The Hall–Kier alpha value is -1.33. The number of aliphatic hydroxyl groups excluding tert-OH is 1. The molecule has 0 saturated heterocycles. The molecule has 0 amide bonds. The summed E-state index contributed by atoms with van der Waals surface area (Å²) in [5, 5.41) is 19.4. The lowest BCUT2D eigenvalue weighted by Crippen LogP contribution is -2.28. The molecule has 2 N–H and O–H groups in total. The van der Waals surface area contributed by atoms with Crippen LogP contribution in [-0.4, -0.2) is 32.8 Å². The minimum absolute atomic E-state index is 0.0687. The van der Waals surface area contributed by atoms with E-state index in [0.717, 1.165) is 13.1 Å². The number of pyridine rings is 1. The topological polar surface area (TPSA) is 65.7 Å². The van der Waals surface area contributed by atoms with Crippen molar-refractivity contribution in [2.75, 3.05) is 13.1 Å². The molecule has 1 heterocycles. The van der Waals surface area contributed by atoms with E-state index in [9.17, 15) is 15.0 Å². The van der Waals surface area contributed by atoms with Crippen molar-refractivity contribution in [1.82, 2.24) is 9.47 Å². The second-order valence-electron chi connectivity index (χ2n) is 4.88. The smallest absolute Gasteiger partial charge is 0.223 e.